The van der Waals surface area contributed by atoms with Gasteiger partial charge in [-0.2, -0.15) is 4.99 Å². The van der Waals surface area contributed by atoms with Crippen molar-refractivity contribution in [3.05, 3.63) is 0 Å². The number of carbonyl (C=O) groups is 2. The van der Waals surface area contributed by atoms with Gasteiger partial charge in [-0.25, -0.2) is 4.79 Å². The molecule has 3 N–H and O–H groups in total. The normalized spacial score (nSPS) is 19.7. The van der Waals surface area contributed by atoms with Gasteiger partial charge >= 0.3 is 6.03 Å². The molecule has 0 spiro atoms. The quantitative estimate of drug-likeness (QED) is 0.732. The number of nitrogens with one attached hydrogen (secondary N) is 1. The highest BCUT2D eigenvalue weighted by molar-refractivity contribution is 6.18. The van der Waals surface area contributed by atoms with E-state index in [1.807, 2.05) is 13.8 Å². The molecule has 0 aliphatic carbocycles. The molecule has 15 heavy (non-hydrogen) atoms. The molecule has 0 aromatic carbocycles. The molecule has 84 valence electrons. The highest BCUT2D eigenvalue weighted by Gasteiger charge is 2.44. The lowest BCUT2D eigenvalue weighted by Gasteiger charge is -2.33. The fourth-order valence-corrected chi connectivity index (χ4v) is 2.04. The minimum absolute atomic E-state index is 0.167. The van der Waals surface area contributed by atoms with Crippen molar-refractivity contribution in [2.45, 2.75) is 39.5 Å². The van der Waals surface area contributed by atoms with Gasteiger partial charge < -0.3 is 5.73 Å². The molecule has 3 amide bonds. The molecule has 0 aromatic rings. The predicted octanol–water partition coefficient (Wildman–Crippen LogP) is 1.18. The Bertz CT molecular complexity index is 304. The van der Waals surface area contributed by atoms with Crippen molar-refractivity contribution in [2.24, 2.45) is 16.1 Å². The van der Waals surface area contributed by atoms with E-state index in [9.17, 15) is 9.59 Å². The second-order valence-electron chi connectivity index (χ2n) is 3.84. The van der Waals surface area contributed by atoms with Crippen LogP contribution in [0, 0.1) is 5.41 Å². The number of amidine groups is 1. The van der Waals surface area contributed by atoms with Crippen LogP contribution in [0.3, 0.4) is 0 Å². The molecule has 5 nitrogen and oxygen atoms in total. The Labute approximate surface area is 89.1 Å². The van der Waals surface area contributed by atoms with Gasteiger partial charge in [0.2, 0.25) is 5.91 Å². The predicted molar refractivity (Wildman–Crippen MR) is 57.4 cm³/mol. The Kier molecular flexibility index (Phi) is 3.44. The third-order valence-electron chi connectivity index (χ3n) is 2.72. The van der Waals surface area contributed by atoms with Gasteiger partial charge in [0.15, 0.2) is 0 Å². The molecule has 5 heteroatoms. The van der Waals surface area contributed by atoms with Crippen molar-refractivity contribution in [3.63, 3.8) is 0 Å². The van der Waals surface area contributed by atoms with E-state index in [4.69, 9.17) is 5.73 Å². The van der Waals surface area contributed by atoms with Crippen LogP contribution in [0.2, 0.25) is 0 Å². The summed E-state index contributed by atoms with van der Waals surface area (Å²) in [6.45, 7) is 3.96. The zero-order chi connectivity index (χ0) is 11.5. The van der Waals surface area contributed by atoms with E-state index in [1.54, 1.807) is 0 Å². The average molecular weight is 211 g/mol. The number of imide groups is 1. The maximum Gasteiger partial charge on any atom is 0.349 e. The smallest absolute Gasteiger partial charge is 0.349 e. The number of nitrogens with two attached hydrogens (primary N) is 1. The molecule has 0 atom stereocenters. The molecule has 0 bridgehead atoms. The molecule has 0 saturated heterocycles. The molecular formula is C10H17N3O2. The molecule has 1 rings (SSSR count). The van der Waals surface area contributed by atoms with Crippen molar-refractivity contribution >= 4 is 17.8 Å². The van der Waals surface area contributed by atoms with Crippen LogP contribution in [0.1, 0.15) is 39.5 Å². The van der Waals surface area contributed by atoms with Gasteiger partial charge in [-0.1, -0.05) is 26.7 Å². The lowest BCUT2D eigenvalue weighted by atomic mass is 9.76. The van der Waals surface area contributed by atoms with E-state index >= 15 is 0 Å². The fourth-order valence-electron chi connectivity index (χ4n) is 2.04. The average Bonchev–Trinajstić information content (AvgIpc) is 2.14. The summed E-state index contributed by atoms with van der Waals surface area (Å²) in [5, 5.41) is 2.22. The van der Waals surface area contributed by atoms with Crippen LogP contribution in [0.4, 0.5) is 4.79 Å². The summed E-state index contributed by atoms with van der Waals surface area (Å²) in [6, 6.07) is -0.652. The van der Waals surface area contributed by atoms with Crippen LogP contribution in [0.15, 0.2) is 4.99 Å². The zero-order valence-corrected chi connectivity index (χ0v) is 9.17. The molecule has 0 fully saturated rings. The Morgan fingerprint density at radius 3 is 2.20 bits per heavy atom. The maximum absolute atomic E-state index is 11.8. The highest BCUT2D eigenvalue weighted by Crippen LogP contribution is 2.32. The SMILES string of the molecule is CCCC1(CCC)C(=O)NC(=O)N=C1N. The van der Waals surface area contributed by atoms with Gasteiger partial charge in [-0.3, -0.25) is 10.1 Å². The zero-order valence-electron chi connectivity index (χ0n) is 9.17. The lowest BCUT2D eigenvalue weighted by Crippen LogP contribution is -2.55. The topological polar surface area (TPSA) is 84.5 Å². The Balaban J connectivity index is 3.08. The van der Waals surface area contributed by atoms with E-state index in [2.05, 4.69) is 10.3 Å². The third kappa shape index (κ3) is 2.00. The molecule has 0 aromatic heterocycles. The number of hydrogen-bond acceptors (Lipinski definition) is 3. The summed E-state index contributed by atoms with van der Waals surface area (Å²) in [7, 11) is 0. The standard InChI is InChI=1S/C10H17N3O2/c1-3-5-10(6-4-2)7(11)12-9(15)13-8(10)14/h3-6H2,1-2H3,(H3,11,12,13,14,15). The first kappa shape index (κ1) is 11.7. The number of carbonyl (C=O) groups excluding carboxylic acids is 2. The molecule has 1 aliphatic heterocycles. The maximum atomic E-state index is 11.8. The number of urea groups is 1. The van der Waals surface area contributed by atoms with Crippen LogP contribution in [-0.2, 0) is 4.79 Å². The highest BCUT2D eigenvalue weighted by atomic mass is 16.2. The number of hydrogen-bond donors (Lipinski definition) is 2. The van der Waals surface area contributed by atoms with Crippen LogP contribution in [0.25, 0.3) is 0 Å². The monoisotopic (exact) mass is 211 g/mol. The van der Waals surface area contributed by atoms with Crippen LogP contribution in [0.5, 0.6) is 0 Å². The van der Waals surface area contributed by atoms with Crippen LogP contribution < -0.4 is 11.1 Å². The first-order valence-electron chi connectivity index (χ1n) is 5.27. The minimum Gasteiger partial charge on any atom is -0.386 e. The van der Waals surface area contributed by atoms with Gasteiger partial charge in [0.05, 0.1) is 0 Å². The van der Waals surface area contributed by atoms with Crippen molar-refractivity contribution in [1.29, 1.82) is 0 Å². The first-order valence-corrected chi connectivity index (χ1v) is 5.27. The van der Waals surface area contributed by atoms with Crippen molar-refractivity contribution in [2.75, 3.05) is 0 Å². The van der Waals surface area contributed by atoms with E-state index in [0.717, 1.165) is 12.8 Å². The van der Waals surface area contributed by atoms with E-state index in [0.29, 0.717) is 12.8 Å². The molecule has 0 saturated carbocycles. The van der Waals surface area contributed by atoms with Gasteiger partial charge in [-0.15, -0.1) is 0 Å². The van der Waals surface area contributed by atoms with Crippen molar-refractivity contribution in [3.8, 4) is 0 Å². The lowest BCUT2D eigenvalue weighted by molar-refractivity contribution is -0.127. The Morgan fingerprint density at radius 2 is 1.80 bits per heavy atom. The van der Waals surface area contributed by atoms with Crippen LogP contribution in [-0.4, -0.2) is 17.8 Å². The number of rotatable bonds is 4. The van der Waals surface area contributed by atoms with Gasteiger partial charge in [0.25, 0.3) is 0 Å². The first-order chi connectivity index (χ1) is 7.06. The van der Waals surface area contributed by atoms with Crippen molar-refractivity contribution in [1.82, 2.24) is 5.32 Å². The molecular weight excluding hydrogens is 194 g/mol. The summed E-state index contributed by atoms with van der Waals surface area (Å²) < 4.78 is 0. The van der Waals surface area contributed by atoms with Gasteiger partial charge in [0.1, 0.15) is 11.3 Å². The number of aliphatic imine (C=N–C) groups is 1. The fraction of sp³-hybridized carbons (Fsp3) is 0.700. The minimum atomic E-state index is -0.766. The Hall–Kier alpha value is -1.39. The van der Waals surface area contributed by atoms with Crippen LogP contribution >= 0.6 is 0 Å². The number of amides is 3. The third-order valence-corrected chi connectivity index (χ3v) is 2.72. The molecule has 0 radical (unpaired) electrons. The largest absolute Gasteiger partial charge is 0.386 e. The summed E-state index contributed by atoms with van der Waals surface area (Å²) in [5.41, 5.74) is 4.97. The summed E-state index contributed by atoms with van der Waals surface area (Å²) in [6.07, 6.45) is 2.93. The Morgan fingerprint density at radius 1 is 1.27 bits per heavy atom. The molecule has 0 unspecified atom stereocenters. The second-order valence-corrected chi connectivity index (χ2v) is 3.84. The number of nitrogens with zero attached hydrogens (tertiary/aromatic N) is 1. The van der Waals surface area contributed by atoms with Crippen molar-refractivity contribution < 1.29 is 9.59 Å². The van der Waals surface area contributed by atoms with Gasteiger partial charge in [0, 0.05) is 0 Å². The second kappa shape index (κ2) is 4.42. The summed E-state index contributed by atoms with van der Waals surface area (Å²) in [4.78, 5) is 26.5. The van der Waals surface area contributed by atoms with E-state index < -0.39 is 11.4 Å². The van der Waals surface area contributed by atoms with E-state index in [-0.39, 0.29) is 11.7 Å². The molecule has 1 aliphatic rings. The summed E-state index contributed by atoms with van der Waals surface area (Å²) in [5.74, 6) is -0.136. The van der Waals surface area contributed by atoms with Gasteiger partial charge in [-0.05, 0) is 12.8 Å². The summed E-state index contributed by atoms with van der Waals surface area (Å²) >= 11 is 0. The van der Waals surface area contributed by atoms with E-state index in [1.165, 1.54) is 0 Å². The molecule has 1 heterocycles.